The highest BCUT2D eigenvalue weighted by Gasteiger charge is 2.36. The van der Waals surface area contributed by atoms with E-state index in [-0.39, 0.29) is 5.56 Å². The van der Waals surface area contributed by atoms with Gasteiger partial charge >= 0.3 is 12.1 Å². The number of hydrogen-bond acceptors (Lipinski definition) is 2. The number of esters is 1. The van der Waals surface area contributed by atoms with Crippen molar-refractivity contribution in [2.75, 3.05) is 0 Å². The molecule has 99 valence electrons. The Morgan fingerprint density at radius 1 is 1.22 bits per heavy atom. The van der Waals surface area contributed by atoms with E-state index in [1.54, 1.807) is 20.8 Å². The molecule has 1 aromatic rings. The summed E-state index contributed by atoms with van der Waals surface area (Å²) >= 11 is 0. The van der Waals surface area contributed by atoms with E-state index < -0.39 is 28.9 Å². The summed E-state index contributed by atoms with van der Waals surface area (Å²) in [7, 11) is 0. The van der Waals surface area contributed by atoms with Crippen molar-refractivity contribution in [2.45, 2.75) is 32.5 Å². The van der Waals surface area contributed by atoms with Crippen molar-refractivity contribution in [3.63, 3.8) is 0 Å². The van der Waals surface area contributed by atoms with E-state index in [1.807, 2.05) is 0 Å². The van der Waals surface area contributed by atoms with Crippen molar-refractivity contribution in [3.05, 3.63) is 41.8 Å². The van der Waals surface area contributed by atoms with Crippen LogP contribution in [-0.4, -0.2) is 11.6 Å². The van der Waals surface area contributed by atoms with Crippen LogP contribution in [0.3, 0.4) is 0 Å². The normalized spacial score (nSPS) is 12.4. The largest absolute Gasteiger partial charge is 0.456 e. The summed E-state index contributed by atoms with van der Waals surface area (Å²) in [5.41, 5.74) is -2.17. The molecule has 1 radical (unpaired) electrons. The minimum Gasteiger partial charge on any atom is -0.456 e. The summed E-state index contributed by atoms with van der Waals surface area (Å²) < 4.78 is 43.3. The van der Waals surface area contributed by atoms with Gasteiger partial charge in [0.15, 0.2) is 0 Å². The van der Waals surface area contributed by atoms with Gasteiger partial charge in [-0.2, -0.15) is 13.2 Å². The number of carbonyl (C=O) groups is 1. The van der Waals surface area contributed by atoms with Crippen molar-refractivity contribution in [2.24, 2.45) is 0 Å². The number of carbonyl (C=O) groups excluding carboxylic acids is 1. The van der Waals surface area contributed by atoms with Gasteiger partial charge in [0.25, 0.3) is 0 Å². The molecule has 2 nitrogen and oxygen atoms in total. The second kappa shape index (κ2) is 4.63. The Balaban J connectivity index is 3.21. The van der Waals surface area contributed by atoms with E-state index in [1.165, 1.54) is 6.07 Å². The van der Waals surface area contributed by atoms with E-state index >= 15 is 0 Å². The van der Waals surface area contributed by atoms with Crippen LogP contribution < -0.4 is 0 Å². The summed E-state index contributed by atoms with van der Waals surface area (Å²) in [5.74, 6) is -0.991. The molecule has 0 atom stereocenters. The Kier molecular flexibility index (Phi) is 3.74. The van der Waals surface area contributed by atoms with Gasteiger partial charge in [0.05, 0.1) is 11.1 Å². The summed E-state index contributed by atoms with van der Waals surface area (Å²) in [6, 6.07) is 3.26. The molecule has 18 heavy (non-hydrogen) atoms. The Morgan fingerprint density at radius 3 is 2.22 bits per heavy atom. The lowest BCUT2D eigenvalue weighted by Crippen LogP contribution is -2.25. The molecule has 0 unspecified atom stereocenters. The first kappa shape index (κ1) is 14.5. The van der Waals surface area contributed by atoms with Crippen molar-refractivity contribution in [1.29, 1.82) is 0 Å². The lowest BCUT2D eigenvalue weighted by molar-refractivity contribution is -0.138. The predicted molar refractivity (Wildman–Crippen MR) is 61.1 cm³/mol. The summed E-state index contributed by atoms with van der Waals surface area (Å²) in [6.45, 7) is 8.19. The number of rotatable bonds is 1. The second-order valence-electron chi connectivity index (χ2n) is 4.88. The Hall–Kier alpha value is -1.52. The lowest BCUT2D eigenvalue weighted by atomic mass is 10.0. The Labute approximate surface area is 104 Å². The van der Waals surface area contributed by atoms with E-state index in [0.717, 1.165) is 12.1 Å². The maximum absolute atomic E-state index is 12.8. The van der Waals surface area contributed by atoms with Crippen LogP contribution in [0.4, 0.5) is 13.2 Å². The van der Waals surface area contributed by atoms with Gasteiger partial charge in [-0.25, -0.2) is 4.79 Å². The molecule has 1 rings (SSSR count). The summed E-state index contributed by atoms with van der Waals surface area (Å²) in [6.07, 6.45) is -4.61. The first-order valence-electron chi connectivity index (χ1n) is 5.27. The average molecular weight is 259 g/mol. The lowest BCUT2D eigenvalue weighted by Gasteiger charge is -2.21. The van der Waals surface area contributed by atoms with Gasteiger partial charge in [-0.05, 0) is 45.4 Å². The van der Waals surface area contributed by atoms with E-state index in [4.69, 9.17) is 4.74 Å². The first-order valence-corrected chi connectivity index (χ1v) is 5.27. The summed E-state index contributed by atoms with van der Waals surface area (Å²) in [5, 5.41) is 0. The predicted octanol–water partition coefficient (Wildman–Crippen LogP) is 3.84. The number of halogens is 3. The number of benzene rings is 1. The molecule has 0 amide bonds. The fourth-order valence-corrected chi connectivity index (χ4v) is 1.34. The summed E-state index contributed by atoms with van der Waals surface area (Å²) in [4.78, 5) is 11.7. The fourth-order valence-electron chi connectivity index (χ4n) is 1.34. The molecule has 0 saturated carbocycles. The van der Waals surface area contributed by atoms with Crippen molar-refractivity contribution in [1.82, 2.24) is 0 Å². The molecule has 0 saturated heterocycles. The monoisotopic (exact) mass is 259 g/mol. The minimum atomic E-state index is -4.61. The zero-order valence-electron chi connectivity index (χ0n) is 10.4. The van der Waals surface area contributed by atoms with Crippen molar-refractivity contribution < 1.29 is 22.7 Å². The van der Waals surface area contributed by atoms with Gasteiger partial charge in [-0.3, -0.25) is 0 Å². The van der Waals surface area contributed by atoms with Gasteiger partial charge in [0.2, 0.25) is 0 Å². The minimum absolute atomic E-state index is 0.189. The quantitative estimate of drug-likeness (QED) is 0.716. The molecular formula is C13H14F3O2. The molecule has 0 aliphatic carbocycles. The molecule has 0 aromatic heterocycles. The number of alkyl halides is 3. The molecule has 0 bridgehead atoms. The van der Waals surface area contributed by atoms with Crippen LogP contribution in [0.1, 0.15) is 42.3 Å². The van der Waals surface area contributed by atoms with E-state index in [2.05, 4.69) is 6.92 Å². The van der Waals surface area contributed by atoms with Crippen LogP contribution in [0.2, 0.25) is 0 Å². The molecule has 0 spiro atoms. The average Bonchev–Trinajstić information content (AvgIpc) is 2.13. The third kappa shape index (κ3) is 3.75. The SMILES string of the molecule is [CH2]c1ccc(C(=O)OC(C)(C)C)c(C(F)(F)F)c1. The maximum atomic E-state index is 12.8. The maximum Gasteiger partial charge on any atom is 0.417 e. The molecular weight excluding hydrogens is 245 g/mol. The Bertz CT molecular complexity index is 456. The van der Waals surface area contributed by atoms with Crippen LogP contribution in [0, 0.1) is 6.92 Å². The van der Waals surface area contributed by atoms with Crippen LogP contribution in [0.5, 0.6) is 0 Å². The molecule has 0 heterocycles. The Morgan fingerprint density at radius 2 is 1.78 bits per heavy atom. The van der Waals surface area contributed by atoms with Gasteiger partial charge in [-0.1, -0.05) is 6.07 Å². The zero-order valence-corrected chi connectivity index (χ0v) is 10.4. The van der Waals surface area contributed by atoms with Gasteiger partial charge in [0.1, 0.15) is 5.60 Å². The topological polar surface area (TPSA) is 26.3 Å². The smallest absolute Gasteiger partial charge is 0.417 e. The first-order chi connectivity index (χ1) is 8.00. The van der Waals surface area contributed by atoms with Crippen LogP contribution in [-0.2, 0) is 10.9 Å². The van der Waals surface area contributed by atoms with Crippen LogP contribution >= 0.6 is 0 Å². The molecule has 0 fully saturated rings. The van der Waals surface area contributed by atoms with Gasteiger partial charge in [0, 0.05) is 0 Å². The number of ether oxygens (including phenoxy) is 1. The van der Waals surface area contributed by atoms with Crippen LogP contribution in [0.15, 0.2) is 18.2 Å². The van der Waals surface area contributed by atoms with E-state index in [0.29, 0.717) is 0 Å². The zero-order chi connectivity index (χ0) is 14.1. The highest BCUT2D eigenvalue weighted by molar-refractivity contribution is 5.91. The second-order valence-corrected chi connectivity index (χ2v) is 4.88. The van der Waals surface area contributed by atoms with E-state index in [9.17, 15) is 18.0 Å². The van der Waals surface area contributed by atoms with Crippen molar-refractivity contribution >= 4 is 5.97 Å². The highest BCUT2D eigenvalue weighted by atomic mass is 19.4. The third-order valence-electron chi connectivity index (χ3n) is 2.01. The number of hydrogen-bond donors (Lipinski definition) is 0. The van der Waals surface area contributed by atoms with Crippen molar-refractivity contribution in [3.8, 4) is 0 Å². The molecule has 0 aliphatic heterocycles. The molecule has 1 aromatic carbocycles. The highest BCUT2D eigenvalue weighted by Crippen LogP contribution is 2.33. The van der Waals surface area contributed by atoms with Gasteiger partial charge < -0.3 is 4.74 Å². The molecule has 0 N–H and O–H groups in total. The van der Waals surface area contributed by atoms with Gasteiger partial charge in [-0.15, -0.1) is 0 Å². The fraction of sp³-hybridized carbons (Fsp3) is 0.385. The molecule has 0 aliphatic rings. The standard InChI is InChI=1S/C13H14F3O2/c1-8-5-6-9(10(7-8)13(14,15)16)11(17)18-12(2,3)4/h5-7H,1H2,2-4H3. The van der Waals surface area contributed by atoms with Crippen LogP contribution in [0.25, 0.3) is 0 Å². The molecule has 5 heteroatoms. The third-order valence-corrected chi connectivity index (χ3v) is 2.01.